The highest BCUT2D eigenvalue weighted by atomic mass is 16.3. The van der Waals surface area contributed by atoms with Crippen LogP contribution >= 0.6 is 0 Å². The van der Waals surface area contributed by atoms with Crippen LogP contribution in [0.1, 0.15) is 19.8 Å². The lowest BCUT2D eigenvalue weighted by molar-refractivity contribution is 0.180. The van der Waals surface area contributed by atoms with E-state index >= 15 is 0 Å². The van der Waals surface area contributed by atoms with Gasteiger partial charge in [-0.2, -0.15) is 0 Å². The average Bonchev–Trinajstić information content (AvgIpc) is 2.94. The molecule has 1 aromatic carbocycles. The van der Waals surface area contributed by atoms with Crippen LogP contribution in [0.15, 0.2) is 30.5 Å². The molecule has 0 bridgehead atoms. The van der Waals surface area contributed by atoms with Gasteiger partial charge in [-0.05, 0) is 36.4 Å². The largest absolute Gasteiger partial charge is 0.396 e. The van der Waals surface area contributed by atoms with Gasteiger partial charge in [-0.1, -0.05) is 13.0 Å². The first-order valence-corrected chi connectivity index (χ1v) is 8.06. The van der Waals surface area contributed by atoms with E-state index in [1.54, 1.807) is 0 Å². The van der Waals surface area contributed by atoms with Gasteiger partial charge in [0.2, 0.25) is 0 Å². The molecule has 0 aliphatic heterocycles. The number of urea groups is 1. The smallest absolute Gasteiger partial charge is 0.321 e. The van der Waals surface area contributed by atoms with E-state index in [9.17, 15) is 4.79 Å². The van der Waals surface area contributed by atoms with E-state index in [4.69, 9.17) is 10.2 Å². The summed E-state index contributed by atoms with van der Waals surface area (Å²) in [6.45, 7) is 3.65. The fraction of sp³-hybridized carbons (Fsp3) is 0.471. The number of hydrogen-bond acceptors (Lipinski definition) is 3. The van der Waals surface area contributed by atoms with E-state index in [1.807, 2.05) is 18.2 Å². The molecule has 6 nitrogen and oxygen atoms in total. The first-order valence-electron chi connectivity index (χ1n) is 8.06. The third-order valence-corrected chi connectivity index (χ3v) is 3.73. The quantitative estimate of drug-likeness (QED) is 0.698. The van der Waals surface area contributed by atoms with Crippen molar-refractivity contribution in [3.05, 3.63) is 30.5 Å². The minimum absolute atomic E-state index is 0.0195. The SMILES string of the molecule is CCCn1ccc2ccc(NC(=O)N(CCO)CCCO)cc21. The molecule has 0 aliphatic rings. The van der Waals surface area contributed by atoms with Gasteiger partial charge < -0.3 is 25.0 Å². The van der Waals surface area contributed by atoms with Crippen LogP contribution < -0.4 is 5.32 Å². The lowest BCUT2D eigenvalue weighted by Crippen LogP contribution is -2.38. The van der Waals surface area contributed by atoms with Crippen LogP contribution in [0.25, 0.3) is 10.9 Å². The summed E-state index contributed by atoms with van der Waals surface area (Å²) in [7, 11) is 0. The summed E-state index contributed by atoms with van der Waals surface area (Å²) in [5, 5.41) is 22.0. The number of benzene rings is 1. The number of rotatable bonds is 8. The van der Waals surface area contributed by atoms with Crippen molar-refractivity contribution >= 4 is 22.6 Å². The molecule has 0 spiro atoms. The zero-order chi connectivity index (χ0) is 16.7. The molecule has 2 rings (SSSR count). The van der Waals surface area contributed by atoms with Gasteiger partial charge in [-0.15, -0.1) is 0 Å². The van der Waals surface area contributed by atoms with Gasteiger partial charge in [-0.3, -0.25) is 0 Å². The predicted octanol–water partition coefficient (Wildman–Crippen LogP) is 2.26. The number of amides is 2. The first kappa shape index (κ1) is 17.3. The van der Waals surface area contributed by atoms with Crippen molar-refractivity contribution in [2.45, 2.75) is 26.3 Å². The number of nitrogens with zero attached hydrogens (tertiary/aromatic N) is 2. The van der Waals surface area contributed by atoms with E-state index in [-0.39, 0.29) is 25.8 Å². The van der Waals surface area contributed by atoms with Crippen molar-refractivity contribution in [3.63, 3.8) is 0 Å². The van der Waals surface area contributed by atoms with Crippen molar-refractivity contribution in [2.24, 2.45) is 0 Å². The van der Waals surface area contributed by atoms with Crippen LogP contribution in [-0.4, -0.2) is 52.0 Å². The third-order valence-electron chi connectivity index (χ3n) is 3.73. The molecule has 23 heavy (non-hydrogen) atoms. The van der Waals surface area contributed by atoms with Crippen LogP contribution in [0.3, 0.4) is 0 Å². The number of aromatic nitrogens is 1. The molecular formula is C17H25N3O3. The highest BCUT2D eigenvalue weighted by Gasteiger charge is 2.13. The minimum atomic E-state index is -0.263. The van der Waals surface area contributed by atoms with Crippen LogP contribution in [0.4, 0.5) is 10.5 Å². The highest BCUT2D eigenvalue weighted by molar-refractivity contribution is 5.92. The Labute approximate surface area is 136 Å². The number of aliphatic hydroxyl groups excluding tert-OH is 2. The fourth-order valence-electron chi connectivity index (χ4n) is 2.60. The molecule has 6 heteroatoms. The summed E-state index contributed by atoms with van der Waals surface area (Å²) >= 11 is 0. The van der Waals surface area contributed by atoms with Crippen LogP contribution in [0, 0.1) is 0 Å². The summed E-state index contributed by atoms with van der Waals surface area (Å²) in [4.78, 5) is 13.8. The molecule has 1 heterocycles. The predicted molar refractivity (Wildman–Crippen MR) is 91.6 cm³/mol. The third kappa shape index (κ3) is 4.46. The zero-order valence-electron chi connectivity index (χ0n) is 13.5. The highest BCUT2D eigenvalue weighted by Crippen LogP contribution is 2.21. The fourth-order valence-corrected chi connectivity index (χ4v) is 2.60. The van der Waals surface area contributed by atoms with E-state index in [0.29, 0.717) is 13.0 Å². The van der Waals surface area contributed by atoms with Crippen molar-refractivity contribution in [3.8, 4) is 0 Å². The molecular weight excluding hydrogens is 294 g/mol. The number of anilines is 1. The molecule has 0 radical (unpaired) electrons. The van der Waals surface area contributed by atoms with Crippen LogP contribution in [0.5, 0.6) is 0 Å². The number of aliphatic hydroxyl groups is 2. The van der Waals surface area contributed by atoms with E-state index < -0.39 is 0 Å². The Hall–Kier alpha value is -2.05. The van der Waals surface area contributed by atoms with Crippen molar-refractivity contribution in [1.82, 2.24) is 9.47 Å². The second kappa shape index (κ2) is 8.55. The minimum Gasteiger partial charge on any atom is -0.396 e. The van der Waals surface area contributed by atoms with Crippen molar-refractivity contribution in [1.29, 1.82) is 0 Å². The number of fused-ring (bicyclic) bond motifs is 1. The molecule has 2 amide bonds. The molecule has 126 valence electrons. The monoisotopic (exact) mass is 319 g/mol. The van der Waals surface area contributed by atoms with Crippen LogP contribution in [-0.2, 0) is 6.54 Å². The molecule has 0 unspecified atom stereocenters. The van der Waals surface area contributed by atoms with Gasteiger partial charge in [0.25, 0.3) is 0 Å². The summed E-state index contributed by atoms with van der Waals surface area (Å²) in [5.74, 6) is 0. The van der Waals surface area contributed by atoms with E-state index in [1.165, 1.54) is 4.90 Å². The Balaban J connectivity index is 2.12. The summed E-state index contributed by atoms with van der Waals surface area (Å²) in [6, 6.07) is 7.63. The molecule has 0 atom stereocenters. The van der Waals surface area contributed by atoms with Gasteiger partial charge in [0, 0.05) is 38.1 Å². The maximum atomic E-state index is 12.3. The molecule has 0 aliphatic carbocycles. The molecule has 0 saturated heterocycles. The normalized spacial score (nSPS) is 10.9. The van der Waals surface area contributed by atoms with E-state index in [0.717, 1.165) is 29.6 Å². The Morgan fingerprint density at radius 1 is 1.22 bits per heavy atom. The van der Waals surface area contributed by atoms with Crippen molar-refractivity contribution in [2.75, 3.05) is 31.6 Å². The maximum Gasteiger partial charge on any atom is 0.321 e. The van der Waals surface area contributed by atoms with Gasteiger partial charge in [-0.25, -0.2) is 4.79 Å². The summed E-state index contributed by atoms with van der Waals surface area (Å²) < 4.78 is 2.17. The lowest BCUT2D eigenvalue weighted by atomic mass is 10.2. The molecule has 0 saturated carbocycles. The maximum absolute atomic E-state index is 12.3. The van der Waals surface area contributed by atoms with Gasteiger partial charge in [0.05, 0.1) is 12.1 Å². The number of carbonyl (C=O) groups is 1. The topological polar surface area (TPSA) is 77.7 Å². The Morgan fingerprint density at radius 3 is 2.74 bits per heavy atom. The molecule has 1 aromatic heterocycles. The van der Waals surface area contributed by atoms with Gasteiger partial charge in [0.15, 0.2) is 0 Å². The molecule has 0 fully saturated rings. The number of hydrogen-bond donors (Lipinski definition) is 3. The Kier molecular flexibility index (Phi) is 6.43. The second-order valence-electron chi connectivity index (χ2n) is 5.50. The lowest BCUT2D eigenvalue weighted by Gasteiger charge is -2.22. The number of aryl methyl sites for hydroxylation is 1. The number of carbonyl (C=O) groups excluding carboxylic acids is 1. The zero-order valence-corrected chi connectivity index (χ0v) is 13.5. The summed E-state index contributed by atoms with van der Waals surface area (Å²) in [6.07, 6.45) is 3.59. The molecule has 3 N–H and O–H groups in total. The number of nitrogens with one attached hydrogen (secondary N) is 1. The van der Waals surface area contributed by atoms with Crippen molar-refractivity contribution < 1.29 is 15.0 Å². The van der Waals surface area contributed by atoms with Crippen LogP contribution in [0.2, 0.25) is 0 Å². The van der Waals surface area contributed by atoms with Gasteiger partial charge >= 0.3 is 6.03 Å². The van der Waals surface area contributed by atoms with Gasteiger partial charge in [0.1, 0.15) is 0 Å². The average molecular weight is 319 g/mol. The second-order valence-corrected chi connectivity index (χ2v) is 5.50. The Bertz CT molecular complexity index is 639. The first-order chi connectivity index (χ1) is 11.2. The molecule has 2 aromatic rings. The Morgan fingerprint density at radius 2 is 2.04 bits per heavy atom. The summed E-state index contributed by atoms with van der Waals surface area (Å²) in [5.41, 5.74) is 1.82. The standard InChI is InChI=1S/C17H25N3O3/c1-2-7-19-9-6-14-4-5-15(13-16(14)19)18-17(23)20(10-12-22)8-3-11-21/h4-6,9,13,21-22H,2-3,7-8,10-12H2,1H3,(H,18,23). The van der Waals surface area contributed by atoms with E-state index in [2.05, 4.69) is 29.1 Å².